The Hall–Kier alpha value is -2.24. The van der Waals surface area contributed by atoms with Crippen molar-refractivity contribution in [1.29, 1.82) is 0 Å². The van der Waals surface area contributed by atoms with Crippen LogP contribution in [0.3, 0.4) is 0 Å². The van der Waals surface area contributed by atoms with Crippen molar-refractivity contribution in [1.82, 2.24) is 0 Å². The van der Waals surface area contributed by atoms with Crippen molar-refractivity contribution in [2.75, 3.05) is 12.3 Å². The molecule has 0 aliphatic carbocycles. The first-order chi connectivity index (χ1) is 7.58. The third-order valence-corrected chi connectivity index (χ3v) is 2.19. The van der Waals surface area contributed by atoms with E-state index in [1.54, 1.807) is 6.07 Å². The molecule has 84 valence electrons. The Kier molecular flexibility index (Phi) is 2.40. The molecule has 6 nitrogen and oxygen atoms in total. The highest BCUT2D eigenvalue weighted by atomic mass is 16.5. The summed E-state index contributed by atoms with van der Waals surface area (Å²) in [4.78, 5) is 14.5. The molecule has 0 aromatic heterocycles. The number of phenolic OH excluding ortho intramolecular Hbond substituents is 1. The summed E-state index contributed by atoms with van der Waals surface area (Å²) in [5.41, 5.74) is 6.22. The summed E-state index contributed by atoms with van der Waals surface area (Å²) >= 11 is 0. The summed E-state index contributed by atoms with van der Waals surface area (Å²) < 4.78 is 5.10. The van der Waals surface area contributed by atoms with Crippen LogP contribution < -0.4 is 5.73 Å². The second-order valence-electron chi connectivity index (χ2n) is 3.38. The smallest absolute Gasteiger partial charge is 0.332 e. The van der Waals surface area contributed by atoms with E-state index in [1.165, 1.54) is 12.1 Å². The summed E-state index contributed by atoms with van der Waals surface area (Å²) in [7, 11) is 0. The fraction of sp³-hybridized carbons (Fsp3) is 0.200. The van der Waals surface area contributed by atoms with Crippen LogP contribution in [0, 0.1) is 0 Å². The normalized spacial score (nSPS) is 19.0. The highest BCUT2D eigenvalue weighted by Crippen LogP contribution is 2.23. The van der Waals surface area contributed by atoms with E-state index in [0.29, 0.717) is 11.3 Å². The molecule has 16 heavy (non-hydrogen) atoms. The van der Waals surface area contributed by atoms with Gasteiger partial charge >= 0.3 is 5.97 Å². The van der Waals surface area contributed by atoms with Crippen molar-refractivity contribution in [2.24, 2.45) is 4.99 Å². The maximum atomic E-state index is 10.6. The Morgan fingerprint density at radius 2 is 2.31 bits per heavy atom. The lowest BCUT2D eigenvalue weighted by Gasteiger charge is -2.04. The Morgan fingerprint density at radius 3 is 2.88 bits per heavy atom. The number of nitrogens with two attached hydrogens (primary N) is 1. The van der Waals surface area contributed by atoms with Gasteiger partial charge in [0.1, 0.15) is 12.4 Å². The van der Waals surface area contributed by atoms with Crippen LogP contribution >= 0.6 is 0 Å². The first-order valence-electron chi connectivity index (χ1n) is 4.60. The van der Waals surface area contributed by atoms with Gasteiger partial charge in [-0.05, 0) is 12.1 Å². The number of ether oxygens (including phenoxy) is 1. The molecule has 1 aliphatic heterocycles. The molecule has 0 unspecified atom stereocenters. The van der Waals surface area contributed by atoms with Gasteiger partial charge in [-0.2, -0.15) is 0 Å². The largest absolute Gasteiger partial charge is 0.507 e. The minimum absolute atomic E-state index is 0.0194. The number of aromatic hydroxyl groups is 1. The van der Waals surface area contributed by atoms with Crippen LogP contribution in [0.2, 0.25) is 0 Å². The van der Waals surface area contributed by atoms with Crippen LogP contribution in [-0.4, -0.2) is 34.7 Å². The number of rotatable bonds is 2. The molecule has 1 aromatic rings. The number of hydrogen-bond acceptors (Lipinski definition) is 5. The summed E-state index contributed by atoms with van der Waals surface area (Å²) in [5.74, 6) is -1.00. The van der Waals surface area contributed by atoms with Gasteiger partial charge < -0.3 is 20.7 Å². The molecule has 4 N–H and O–H groups in total. The molecule has 0 fully saturated rings. The van der Waals surface area contributed by atoms with Crippen molar-refractivity contribution in [2.45, 2.75) is 6.04 Å². The Bertz CT molecular complexity index is 470. The Morgan fingerprint density at radius 1 is 1.56 bits per heavy atom. The van der Waals surface area contributed by atoms with E-state index in [2.05, 4.69) is 4.99 Å². The van der Waals surface area contributed by atoms with Gasteiger partial charge in [0.25, 0.3) is 0 Å². The van der Waals surface area contributed by atoms with Gasteiger partial charge in [0.2, 0.25) is 5.90 Å². The molecule has 0 amide bonds. The van der Waals surface area contributed by atoms with E-state index in [1.807, 2.05) is 0 Å². The molecule has 0 saturated carbocycles. The molecule has 0 radical (unpaired) electrons. The number of carboxylic acids is 1. The summed E-state index contributed by atoms with van der Waals surface area (Å²) in [6.45, 7) is -0.0194. The van der Waals surface area contributed by atoms with Crippen molar-refractivity contribution < 1.29 is 19.7 Å². The molecule has 2 rings (SSSR count). The molecule has 0 saturated heterocycles. The highest BCUT2D eigenvalue weighted by molar-refractivity contribution is 5.99. The third-order valence-electron chi connectivity index (χ3n) is 2.19. The number of benzene rings is 1. The van der Waals surface area contributed by atoms with Crippen LogP contribution in [0.1, 0.15) is 5.56 Å². The van der Waals surface area contributed by atoms with Crippen LogP contribution in [0.15, 0.2) is 23.2 Å². The lowest BCUT2D eigenvalue weighted by Crippen LogP contribution is -2.18. The molecule has 0 bridgehead atoms. The van der Waals surface area contributed by atoms with E-state index in [-0.39, 0.29) is 18.3 Å². The minimum Gasteiger partial charge on any atom is -0.507 e. The van der Waals surface area contributed by atoms with Crippen LogP contribution in [0.4, 0.5) is 5.69 Å². The molecular weight excluding hydrogens is 212 g/mol. The number of hydrogen-bond donors (Lipinski definition) is 3. The fourth-order valence-corrected chi connectivity index (χ4v) is 1.38. The molecular formula is C10H10N2O4. The number of nitrogen functional groups attached to an aromatic ring is 1. The zero-order chi connectivity index (χ0) is 11.7. The van der Waals surface area contributed by atoms with Gasteiger partial charge in [-0.25, -0.2) is 9.79 Å². The Labute approximate surface area is 91.0 Å². The lowest BCUT2D eigenvalue weighted by molar-refractivity contribution is -0.138. The molecule has 1 aliphatic rings. The number of aliphatic imine (C=N–C) groups is 1. The van der Waals surface area contributed by atoms with E-state index in [0.717, 1.165) is 0 Å². The highest BCUT2D eigenvalue weighted by Gasteiger charge is 2.27. The zero-order valence-electron chi connectivity index (χ0n) is 8.25. The summed E-state index contributed by atoms with van der Waals surface area (Å²) in [6.07, 6.45) is 0. The van der Waals surface area contributed by atoms with Crippen molar-refractivity contribution in [3.05, 3.63) is 23.8 Å². The number of phenols is 1. The number of anilines is 1. The van der Waals surface area contributed by atoms with Gasteiger partial charge in [0.15, 0.2) is 6.04 Å². The first-order valence-corrected chi connectivity index (χ1v) is 4.60. The topological polar surface area (TPSA) is 105 Å². The minimum atomic E-state index is -1.05. The summed E-state index contributed by atoms with van der Waals surface area (Å²) in [6, 6.07) is 3.56. The molecule has 1 heterocycles. The zero-order valence-corrected chi connectivity index (χ0v) is 8.25. The average molecular weight is 222 g/mol. The SMILES string of the molecule is Nc1ccc(C2=N[C@H](C(=O)O)CO2)c(O)c1. The summed E-state index contributed by atoms with van der Waals surface area (Å²) in [5, 5.41) is 18.3. The van der Waals surface area contributed by atoms with Crippen molar-refractivity contribution >= 4 is 17.6 Å². The van der Waals surface area contributed by atoms with E-state index in [4.69, 9.17) is 15.6 Å². The Balaban J connectivity index is 2.32. The number of aliphatic carboxylic acids is 1. The predicted molar refractivity (Wildman–Crippen MR) is 56.4 cm³/mol. The molecule has 0 spiro atoms. The van der Waals surface area contributed by atoms with Gasteiger partial charge in [-0.3, -0.25) is 0 Å². The second kappa shape index (κ2) is 3.73. The van der Waals surface area contributed by atoms with E-state index < -0.39 is 12.0 Å². The second-order valence-corrected chi connectivity index (χ2v) is 3.38. The lowest BCUT2D eigenvalue weighted by atomic mass is 10.2. The number of carbonyl (C=O) groups is 1. The van der Waals surface area contributed by atoms with Crippen LogP contribution in [0.25, 0.3) is 0 Å². The van der Waals surface area contributed by atoms with Crippen LogP contribution in [-0.2, 0) is 9.53 Å². The monoisotopic (exact) mass is 222 g/mol. The van der Waals surface area contributed by atoms with E-state index >= 15 is 0 Å². The third kappa shape index (κ3) is 1.77. The maximum Gasteiger partial charge on any atom is 0.332 e. The standard InChI is InChI=1S/C10H10N2O4/c11-5-1-2-6(8(13)3-5)9-12-7(4-16-9)10(14)15/h1-3,7,13H,4,11H2,(H,14,15)/t7-/m0/s1. The van der Waals surface area contributed by atoms with Crippen molar-refractivity contribution in [3.63, 3.8) is 0 Å². The van der Waals surface area contributed by atoms with E-state index in [9.17, 15) is 9.90 Å². The maximum absolute atomic E-state index is 10.6. The van der Waals surface area contributed by atoms with Gasteiger partial charge in [-0.15, -0.1) is 0 Å². The molecule has 1 atom stereocenters. The predicted octanol–water partition coefficient (Wildman–Crippen LogP) is 0.204. The number of carboxylic acid groups (broad SMARTS) is 1. The fourth-order valence-electron chi connectivity index (χ4n) is 1.38. The first kappa shape index (κ1) is 10.3. The van der Waals surface area contributed by atoms with Crippen molar-refractivity contribution in [3.8, 4) is 5.75 Å². The number of nitrogens with zero attached hydrogens (tertiary/aromatic N) is 1. The average Bonchev–Trinajstić information content (AvgIpc) is 2.66. The van der Waals surface area contributed by atoms with Gasteiger partial charge in [0, 0.05) is 11.8 Å². The molecule has 6 heteroatoms. The quantitative estimate of drug-likeness (QED) is 0.620. The van der Waals surface area contributed by atoms with Crippen LogP contribution in [0.5, 0.6) is 5.75 Å². The van der Waals surface area contributed by atoms with Gasteiger partial charge in [-0.1, -0.05) is 0 Å². The molecule has 1 aromatic carbocycles. The van der Waals surface area contributed by atoms with Gasteiger partial charge in [0.05, 0.1) is 5.56 Å².